The zero-order valence-corrected chi connectivity index (χ0v) is 57.0. The highest BCUT2D eigenvalue weighted by atomic mass is 28.6. The van der Waals surface area contributed by atoms with E-state index in [0.717, 1.165) is 0 Å². The standard InChI is InChI=1S/C34H92O14Si13/c1-33(34(35)36)31-29-30-32-58(46-59(37-49(2,3)4,38-50(5,6)7)39-51(8,9)10,47-60(40-52(11,12)13,41-53(14,15)16)42-54(17,18)19)48-61(43-55(20,21)22,44-56(23,24)25)45-57(26,27)28/h31H,29-30,32H2,1-28H3,(H,35,36). The van der Waals surface area contributed by atoms with Crippen LogP contribution in [0.15, 0.2) is 11.6 Å². The summed E-state index contributed by atoms with van der Waals surface area (Å²) in [6.07, 6.45) is 2.46. The van der Waals surface area contributed by atoms with Crippen LogP contribution in [0.25, 0.3) is 0 Å². The molecule has 364 valence electrons. The van der Waals surface area contributed by atoms with Gasteiger partial charge in [-0.05, 0) is 197 Å². The Hall–Kier alpha value is 1.55. The van der Waals surface area contributed by atoms with Crippen LogP contribution < -0.4 is 0 Å². The van der Waals surface area contributed by atoms with E-state index in [1.807, 2.05) is 0 Å². The van der Waals surface area contributed by atoms with E-state index in [0.29, 0.717) is 12.8 Å². The summed E-state index contributed by atoms with van der Waals surface area (Å²) < 4.78 is 88.7. The van der Waals surface area contributed by atoms with Crippen molar-refractivity contribution in [1.29, 1.82) is 0 Å². The Kier molecular flexibility index (Phi) is 22.4. The van der Waals surface area contributed by atoms with Crippen molar-refractivity contribution >= 4 is 117 Å². The molecule has 0 aromatic carbocycles. The summed E-state index contributed by atoms with van der Waals surface area (Å²) in [6, 6.07) is 0.131. The van der Waals surface area contributed by atoms with Crippen molar-refractivity contribution in [2.75, 3.05) is 0 Å². The van der Waals surface area contributed by atoms with Crippen molar-refractivity contribution in [2.24, 2.45) is 0 Å². The van der Waals surface area contributed by atoms with Gasteiger partial charge in [0.25, 0.3) is 0 Å². The van der Waals surface area contributed by atoms with Gasteiger partial charge in [0.1, 0.15) is 0 Å². The lowest BCUT2D eigenvalue weighted by Gasteiger charge is -2.50. The van der Waals surface area contributed by atoms with Crippen molar-refractivity contribution in [3.8, 4) is 0 Å². The van der Waals surface area contributed by atoms with Gasteiger partial charge in [0.15, 0.2) is 74.9 Å². The van der Waals surface area contributed by atoms with Crippen LogP contribution in [0.2, 0.25) is 183 Å². The molecule has 0 saturated carbocycles. The Morgan fingerprint density at radius 1 is 0.361 bits per heavy atom. The van der Waals surface area contributed by atoms with E-state index in [2.05, 4.69) is 177 Å². The molecular formula is C34H92O14Si13. The molecule has 0 amide bonds. The molecule has 0 aromatic heterocycles. The molecule has 0 spiro atoms. The van der Waals surface area contributed by atoms with Gasteiger partial charge in [0, 0.05) is 11.6 Å². The minimum absolute atomic E-state index is 0.131. The minimum atomic E-state index is -4.62. The molecule has 0 aliphatic rings. The maximum atomic E-state index is 12.0. The molecule has 14 nitrogen and oxygen atoms in total. The van der Waals surface area contributed by atoms with Gasteiger partial charge >= 0.3 is 41.9 Å². The molecule has 0 bridgehead atoms. The third kappa shape index (κ3) is 29.8. The van der Waals surface area contributed by atoms with Crippen LogP contribution in [0.3, 0.4) is 0 Å². The molecule has 0 atom stereocenters. The van der Waals surface area contributed by atoms with Crippen LogP contribution in [-0.4, -0.2) is 122 Å². The number of aliphatic carboxylic acids is 1. The molecule has 0 unspecified atom stereocenters. The van der Waals surface area contributed by atoms with Gasteiger partial charge < -0.3 is 54.5 Å². The number of carboxylic acid groups (broad SMARTS) is 1. The molecule has 27 heteroatoms. The number of carbonyl (C=O) groups is 1. The van der Waals surface area contributed by atoms with Crippen molar-refractivity contribution in [3.63, 3.8) is 0 Å². The van der Waals surface area contributed by atoms with Crippen LogP contribution in [-0.2, 0) is 54.2 Å². The number of hydrogen-bond acceptors (Lipinski definition) is 13. The van der Waals surface area contributed by atoms with E-state index in [1.54, 1.807) is 13.0 Å². The fourth-order valence-corrected chi connectivity index (χ4v) is 50.1. The summed E-state index contributed by atoms with van der Waals surface area (Å²) in [6.45, 7) is 58.1. The lowest BCUT2D eigenvalue weighted by molar-refractivity contribution is -0.132. The second-order valence-electron chi connectivity index (χ2n) is 24.5. The average Bonchev–Trinajstić information content (AvgIpc) is 2.80. The van der Waals surface area contributed by atoms with E-state index in [-0.39, 0.29) is 11.6 Å². The molecular weight excluding hydrogens is 997 g/mol. The van der Waals surface area contributed by atoms with Crippen molar-refractivity contribution in [3.05, 3.63) is 11.6 Å². The zero-order valence-electron chi connectivity index (χ0n) is 44.0. The number of rotatable bonds is 29. The van der Waals surface area contributed by atoms with E-state index < -0.39 is 117 Å². The highest BCUT2D eigenvalue weighted by Crippen LogP contribution is 2.41. The minimum Gasteiger partial charge on any atom is -0.478 e. The second kappa shape index (κ2) is 21.9. The van der Waals surface area contributed by atoms with Gasteiger partial charge in [0.05, 0.1) is 0 Å². The Labute approximate surface area is 387 Å². The number of carboxylic acids is 1. The largest absolute Gasteiger partial charge is 0.640 e. The summed E-state index contributed by atoms with van der Waals surface area (Å²) in [5.74, 6) is -0.988. The Bertz CT molecular complexity index is 1160. The Morgan fingerprint density at radius 2 is 0.541 bits per heavy atom. The van der Waals surface area contributed by atoms with E-state index in [9.17, 15) is 9.90 Å². The van der Waals surface area contributed by atoms with E-state index in [1.165, 1.54) is 0 Å². The second-order valence-corrected chi connectivity index (χ2v) is 77.2. The summed E-state index contributed by atoms with van der Waals surface area (Å²) in [5, 5.41) is 9.84. The van der Waals surface area contributed by atoms with Gasteiger partial charge in [-0.2, -0.15) is 0 Å². The molecule has 0 heterocycles. The quantitative estimate of drug-likeness (QED) is 0.0430. The van der Waals surface area contributed by atoms with Gasteiger partial charge in [-0.1, -0.05) is 6.08 Å². The summed E-state index contributed by atoms with van der Waals surface area (Å²) in [5.41, 5.74) is 0.231. The summed E-state index contributed by atoms with van der Waals surface area (Å²) >= 11 is 0. The molecule has 0 fully saturated rings. The van der Waals surface area contributed by atoms with Gasteiger partial charge in [0.2, 0.25) is 0 Å². The fraction of sp³-hybridized carbons (Fsp3) is 0.912. The lowest BCUT2D eigenvalue weighted by atomic mass is 10.2. The lowest BCUT2D eigenvalue weighted by Crippen LogP contribution is -2.76. The highest BCUT2D eigenvalue weighted by molar-refractivity contribution is 6.96. The van der Waals surface area contributed by atoms with Crippen LogP contribution in [0.4, 0.5) is 0 Å². The number of unbranched alkanes of at least 4 members (excludes halogenated alkanes) is 1. The monoisotopic (exact) mass is 1090 g/mol. The highest BCUT2D eigenvalue weighted by Gasteiger charge is 2.71. The topological polar surface area (TPSA) is 148 Å². The van der Waals surface area contributed by atoms with Gasteiger partial charge in [-0.25, -0.2) is 4.79 Å². The Balaban J connectivity index is 9.50. The maximum Gasteiger partial charge on any atom is 0.640 e. The predicted molar refractivity (Wildman–Crippen MR) is 282 cm³/mol. The third-order valence-corrected chi connectivity index (χ3v) is 44.9. The van der Waals surface area contributed by atoms with Crippen LogP contribution in [0, 0.1) is 0 Å². The molecule has 0 aliphatic carbocycles. The molecule has 0 aliphatic heterocycles. The first-order valence-electron chi connectivity index (χ1n) is 21.6. The van der Waals surface area contributed by atoms with Crippen molar-refractivity contribution < 1.29 is 59.3 Å². The molecule has 0 rings (SSSR count). The summed E-state index contributed by atoms with van der Waals surface area (Å²) in [4.78, 5) is 12.0. The van der Waals surface area contributed by atoms with Crippen LogP contribution in [0.5, 0.6) is 0 Å². The zero-order chi connectivity index (χ0) is 49.0. The van der Waals surface area contributed by atoms with Crippen molar-refractivity contribution in [2.45, 2.75) is 203 Å². The van der Waals surface area contributed by atoms with Crippen LogP contribution in [0.1, 0.15) is 19.8 Å². The van der Waals surface area contributed by atoms with E-state index in [4.69, 9.17) is 49.4 Å². The average molecular weight is 1090 g/mol. The molecule has 0 radical (unpaired) electrons. The number of allylic oxidation sites excluding steroid dienone is 1. The smallest absolute Gasteiger partial charge is 0.478 e. The fourth-order valence-electron chi connectivity index (χ4n) is 5.26. The maximum absolute atomic E-state index is 12.0. The SMILES string of the molecule is CC(=CCCC[Si](O[Si](O[Si](C)(C)C)(O[Si](C)(C)C)O[Si](C)(C)C)(O[Si](O[Si](C)(C)C)(O[Si](C)(C)C)O[Si](C)(C)C)O[Si](O[Si](C)(C)C)(O[Si](C)(C)C)O[Si](C)(C)C)C(=O)O. The first-order chi connectivity index (χ1) is 26.3. The van der Waals surface area contributed by atoms with Crippen LogP contribution >= 0.6 is 0 Å². The molecule has 61 heavy (non-hydrogen) atoms. The van der Waals surface area contributed by atoms with Gasteiger partial charge in [-0.15, -0.1) is 0 Å². The first kappa shape index (κ1) is 62.5. The molecule has 0 saturated heterocycles. The number of hydrogen-bond donors (Lipinski definition) is 1. The molecule has 1 N–H and O–H groups in total. The third-order valence-electron chi connectivity index (χ3n) is 6.20. The normalized spacial score (nSPS) is 15.8. The summed E-state index contributed by atoms with van der Waals surface area (Å²) in [7, 11) is -40.6. The molecule has 0 aromatic rings. The Morgan fingerprint density at radius 3 is 0.689 bits per heavy atom. The first-order valence-corrected chi connectivity index (χ1v) is 59.1. The predicted octanol–water partition coefficient (Wildman–Crippen LogP) is 11.8. The van der Waals surface area contributed by atoms with Gasteiger partial charge in [-0.3, -0.25) is 0 Å². The van der Waals surface area contributed by atoms with Crippen molar-refractivity contribution in [1.82, 2.24) is 0 Å². The van der Waals surface area contributed by atoms with E-state index >= 15 is 0 Å².